The molecular weight excluding hydrogens is 268 g/mol. The zero-order valence-electron chi connectivity index (χ0n) is 12.3. The molecule has 0 aliphatic rings. The summed E-state index contributed by atoms with van der Waals surface area (Å²) in [4.78, 5) is 12.3. The van der Waals surface area contributed by atoms with Crippen molar-refractivity contribution in [2.24, 2.45) is 7.05 Å². The van der Waals surface area contributed by atoms with E-state index in [1.54, 1.807) is 14.0 Å². The summed E-state index contributed by atoms with van der Waals surface area (Å²) in [6.45, 7) is 1.92. The minimum atomic E-state index is -0.282. The van der Waals surface area contributed by atoms with E-state index >= 15 is 0 Å². The average Bonchev–Trinajstić information content (AvgIpc) is 2.70. The lowest BCUT2D eigenvalue weighted by Gasteiger charge is -2.08. The highest BCUT2D eigenvalue weighted by Gasteiger charge is 2.17. The van der Waals surface area contributed by atoms with Crippen molar-refractivity contribution in [2.45, 2.75) is 19.8 Å². The molecule has 1 aromatic heterocycles. The molecule has 0 spiro atoms. The van der Waals surface area contributed by atoms with E-state index in [0.29, 0.717) is 29.2 Å². The summed E-state index contributed by atoms with van der Waals surface area (Å²) in [6.07, 6.45) is 1.47. The maximum Gasteiger partial charge on any atom is 0.276 e. The lowest BCUT2D eigenvalue weighted by Crippen LogP contribution is -2.17. The molecule has 0 bridgehead atoms. The lowest BCUT2D eigenvalue weighted by molar-refractivity contribution is 0.101. The van der Waals surface area contributed by atoms with Crippen LogP contribution in [0.15, 0.2) is 24.3 Å². The normalized spacial score (nSPS) is 10.6. The number of carbonyl (C=O) groups is 1. The van der Waals surface area contributed by atoms with Crippen LogP contribution in [-0.4, -0.2) is 27.4 Å². The molecule has 1 amide bonds. The third-order valence-electron chi connectivity index (χ3n) is 3.29. The Bertz CT molecular complexity index is 649. The van der Waals surface area contributed by atoms with Crippen LogP contribution in [0.3, 0.4) is 0 Å². The Kier molecular flexibility index (Phi) is 4.59. The van der Waals surface area contributed by atoms with Gasteiger partial charge in [0, 0.05) is 19.3 Å². The van der Waals surface area contributed by atoms with Crippen LogP contribution in [0, 0.1) is 6.92 Å². The molecule has 0 fully saturated rings. The molecule has 1 aromatic carbocycles. The van der Waals surface area contributed by atoms with Crippen LogP contribution in [0.4, 0.5) is 11.4 Å². The number of hydrogen-bond donors (Lipinski definition) is 3. The van der Waals surface area contributed by atoms with Gasteiger partial charge in [0.25, 0.3) is 5.91 Å². The molecule has 0 aliphatic heterocycles. The van der Waals surface area contributed by atoms with Crippen LogP contribution in [0.25, 0.3) is 0 Å². The highest BCUT2D eigenvalue weighted by Crippen LogP contribution is 2.18. The fourth-order valence-electron chi connectivity index (χ4n) is 2.22. The zero-order chi connectivity index (χ0) is 15.4. The number of nitrogen functional groups attached to an aromatic ring is 1. The minimum absolute atomic E-state index is 0.154. The molecule has 21 heavy (non-hydrogen) atoms. The van der Waals surface area contributed by atoms with Crippen LogP contribution >= 0.6 is 0 Å². The lowest BCUT2D eigenvalue weighted by atomic mass is 10.1. The number of aliphatic hydroxyl groups excluding tert-OH is 1. The number of aliphatic hydroxyl groups is 1. The summed E-state index contributed by atoms with van der Waals surface area (Å²) in [5.74, 6) is -0.282. The molecule has 0 saturated carbocycles. The van der Waals surface area contributed by atoms with Gasteiger partial charge in [-0.05, 0) is 37.5 Å². The number of anilines is 2. The van der Waals surface area contributed by atoms with Gasteiger partial charge in [0.2, 0.25) is 0 Å². The quantitative estimate of drug-likeness (QED) is 0.777. The number of nitrogens with zero attached hydrogens (tertiary/aromatic N) is 2. The van der Waals surface area contributed by atoms with Crippen molar-refractivity contribution < 1.29 is 9.90 Å². The second-order valence-electron chi connectivity index (χ2n) is 4.95. The number of aryl methyl sites for hydroxylation is 3. The topological polar surface area (TPSA) is 93.2 Å². The fraction of sp³-hybridized carbons (Fsp3) is 0.333. The second-order valence-corrected chi connectivity index (χ2v) is 4.95. The summed E-state index contributed by atoms with van der Waals surface area (Å²) < 4.78 is 1.48. The molecule has 2 rings (SSSR count). The van der Waals surface area contributed by atoms with Gasteiger partial charge in [-0.3, -0.25) is 9.48 Å². The highest BCUT2D eigenvalue weighted by atomic mass is 16.2. The Balaban J connectivity index is 2.16. The van der Waals surface area contributed by atoms with Crippen molar-refractivity contribution in [3.8, 4) is 0 Å². The largest absolute Gasteiger partial charge is 0.396 e. The van der Waals surface area contributed by atoms with E-state index < -0.39 is 0 Å². The van der Waals surface area contributed by atoms with Crippen LogP contribution in [-0.2, 0) is 13.5 Å². The summed E-state index contributed by atoms with van der Waals surface area (Å²) in [5.41, 5.74) is 9.04. The molecule has 6 heteroatoms. The van der Waals surface area contributed by atoms with Crippen molar-refractivity contribution in [1.29, 1.82) is 0 Å². The molecule has 2 aromatic rings. The fourth-order valence-corrected chi connectivity index (χ4v) is 2.22. The number of benzene rings is 1. The van der Waals surface area contributed by atoms with Gasteiger partial charge >= 0.3 is 0 Å². The third kappa shape index (κ3) is 3.41. The molecule has 0 atom stereocenters. The minimum Gasteiger partial charge on any atom is -0.396 e. The number of carbonyl (C=O) groups excluding carboxylic acids is 1. The van der Waals surface area contributed by atoms with Gasteiger partial charge in [-0.2, -0.15) is 5.10 Å². The van der Waals surface area contributed by atoms with E-state index in [1.807, 2.05) is 24.3 Å². The first-order valence-corrected chi connectivity index (χ1v) is 6.83. The summed E-state index contributed by atoms with van der Waals surface area (Å²) in [7, 11) is 1.69. The molecule has 6 nitrogen and oxygen atoms in total. The van der Waals surface area contributed by atoms with Crippen molar-refractivity contribution >= 4 is 17.3 Å². The number of nitrogens with one attached hydrogen (secondary N) is 1. The number of amides is 1. The van der Waals surface area contributed by atoms with Crippen molar-refractivity contribution in [3.05, 3.63) is 41.2 Å². The first-order valence-electron chi connectivity index (χ1n) is 6.83. The molecule has 0 unspecified atom stereocenters. The number of nitrogens with two attached hydrogens (primary N) is 1. The summed E-state index contributed by atoms with van der Waals surface area (Å²) in [6, 6.07) is 7.56. The standard InChI is InChI=1S/C15H20N4O2/c1-10-13(16)14(19(2)18-10)15(21)17-12-7-3-5-11(9-12)6-4-8-20/h3,5,7,9,20H,4,6,8,16H2,1-2H3,(H,17,21). The van der Waals surface area contributed by atoms with Crippen molar-refractivity contribution in [1.82, 2.24) is 9.78 Å². The monoisotopic (exact) mass is 288 g/mol. The first kappa shape index (κ1) is 15.1. The Morgan fingerprint density at radius 3 is 2.86 bits per heavy atom. The first-order chi connectivity index (χ1) is 10.0. The molecule has 112 valence electrons. The second kappa shape index (κ2) is 6.41. The predicted octanol–water partition coefficient (Wildman–Crippen LogP) is 1.49. The maximum absolute atomic E-state index is 12.3. The smallest absolute Gasteiger partial charge is 0.276 e. The predicted molar refractivity (Wildman–Crippen MR) is 82.2 cm³/mol. The van der Waals surface area contributed by atoms with Crippen LogP contribution in [0.2, 0.25) is 0 Å². The van der Waals surface area contributed by atoms with Gasteiger partial charge in [-0.25, -0.2) is 0 Å². The molecular formula is C15H20N4O2. The Morgan fingerprint density at radius 2 is 2.24 bits per heavy atom. The Hall–Kier alpha value is -2.34. The van der Waals surface area contributed by atoms with Crippen LogP contribution in [0.1, 0.15) is 28.2 Å². The van der Waals surface area contributed by atoms with E-state index in [1.165, 1.54) is 4.68 Å². The van der Waals surface area contributed by atoms with Gasteiger partial charge in [0.05, 0.1) is 11.4 Å². The van der Waals surface area contributed by atoms with Crippen molar-refractivity contribution in [3.63, 3.8) is 0 Å². The van der Waals surface area contributed by atoms with Gasteiger partial charge < -0.3 is 16.2 Å². The maximum atomic E-state index is 12.3. The number of aromatic nitrogens is 2. The number of hydrogen-bond acceptors (Lipinski definition) is 4. The van der Waals surface area contributed by atoms with E-state index in [4.69, 9.17) is 10.8 Å². The average molecular weight is 288 g/mol. The SMILES string of the molecule is Cc1nn(C)c(C(=O)Nc2cccc(CCCO)c2)c1N. The zero-order valence-corrected chi connectivity index (χ0v) is 12.3. The number of rotatable bonds is 5. The van der Waals surface area contributed by atoms with Gasteiger partial charge in [0.15, 0.2) is 0 Å². The summed E-state index contributed by atoms with van der Waals surface area (Å²) >= 11 is 0. The Labute approximate surface area is 123 Å². The van der Waals surface area contributed by atoms with E-state index in [2.05, 4.69) is 10.4 Å². The molecule has 0 saturated heterocycles. The molecule has 1 heterocycles. The van der Waals surface area contributed by atoms with E-state index in [9.17, 15) is 4.79 Å². The van der Waals surface area contributed by atoms with Gasteiger partial charge in [-0.1, -0.05) is 12.1 Å². The molecule has 4 N–H and O–H groups in total. The van der Waals surface area contributed by atoms with Crippen molar-refractivity contribution in [2.75, 3.05) is 17.7 Å². The van der Waals surface area contributed by atoms with Crippen LogP contribution in [0.5, 0.6) is 0 Å². The molecule has 0 radical (unpaired) electrons. The third-order valence-corrected chi connectivity index (χ3v) is 3.29. The van der Waals surface area contributed by atoms with Gasteiger partial charge in [0.1, 0.15) is 5.69 Å². The Morgan fingerprint density at radius 1 is 1.48 bits per heavy atom. The highest BCUT2D eigenvalue weighted by molar-refractivity contribution is 6.06. The van der Waals surface area contributed by atoms with E-state index in [-0.39, 0.29) is 12.5 Å². The van der Waals surface area contributed by atoms with E-state index in [0.717, 1.165) is 12.0 Å². The van der Waals surface area contributed by atoms with Gasteiger partial charge in [-0.15, -0.1) is 0 Å². The van der Waals surface area contributed by atoms with Crippen LogP contribution < -0.4 is 11.1 Å². The summed E-state index contributed by atoms with van der Waals surface area (Å²) in [5, 5.41) is 15.8. The molecule has 0 aliphatic carbocycles.